The van der Waals surface area contributed by atoms with Crippen LogP contribution in [-0.2, 0) is 37.4 Å². The van der Waals surface area contributed by atoms with Crippen LogP contribution in [0.4, 0.5) is 10.1 Å². The standard InChI is InChI=1S/C27H36FN5O6S3/c1-27(2,3)18-8-10-20-17(13-18)15-23-25(30-20)40-26(31-23)24(34)29-21(11-12-39-41(6,35)36)16-7-9-22(19(28)14-16)32-42(37,38)33(4)5/h7,9,14-15,18,21,32H,8,10-13H2,1-6H3,(H,29,34)/t18-,21?/m0/s1. The first kappa shape index (κ1) is 32.2. The first-order valence-electron chi connectivity index (χ1n) is 13.4. The van der Waals surface area contributed by atoms with E-state index in [9.17, 15) is 26.0 Å². The molecule has 1 aliphatic rings. The Kier molecular flexibility index (Phi) is 9.28. The number of carbonyl (C=O) groups excluding carboxylic acids is 1. The molecule has 0 radical (unpaired) electrons. The monoisotopic (exact) mass is 641 g/mol. The second-order valence-electron chi connectivity index (χ2n) is 11.7. The fourth-order valence-corrected chi connectivity index (χ4v) is 6.64. The lowest BCUT2D eigenvalue weighted by Gasteiger charge is -2.34. The van der Waals surface area contributed by atoms with Crippen LogP contribution in [0.25, 0.3) is 10.3 Å². The van der Waals surface area contributed by atoms with E-state index in [1.54, 1.807) is 0 Å². The first-order chi connectivity index (χ1) is 19.4. The van der Waals surface area contributed by atoms with Gasteiger partial charge in [0.1, 0.15) is 16.2 Å². The largest absolute Gasteiger partial charge is 0.343 e. The minimum Gasteiger partial charge on any atom is -0.343 e. The van der Waals surface area contributed by atoms with Gasteiger partial charge in [0, 0.05) is 19.8 Å². The highest BCUT2D eigenvalue weighted by Gasteiger charge is 2.30. The zero-order valence-corrected chi connectivity index (χ0v) is 26.8. The lowest BCUT2D eigenvalue weighted by Crippen LogP contribution is -2.30. The zero-order chi connectivity index (χ0) is 31.0. The number of nitrogens with zero attached hydrogens (tertiary/aromatic N) is 3. The number of anilines is 1. The molecule has 4 rings (SSSR count). The van der Waals surface area contributed by atoms with Gasteiger partial charge in [-0.2, -0.15) is 21.1 Å². The number of hydrogen-bond donors (Lipinski definition) is 2. The number of pyridine rings is 1. The first-order valence-corrected chi connectivity index (χ1v) is 17.4. The fraction of sp³-hybridized carbons (Fsp3) is 0.519. The summed E-state index contributed by atoms with van der Waals surface area (Å²) in [6.07, 6.45) is 3.71. The Labute approximate surface area is 250 Å². The summed E-state index contributed by atoms with van der Waals surface area (Å²) >= 11 is 1.15. The van der Waals surface area contributed by atoms with Crippen LogP contribution in [-0.4, -0.2) is 64.0 Å². The van der Waals surface area contributed by atoms with Crippen molar-refractivity contribution in [1.29, 1.82) is 0 Å². The van der Waals surface area contributed by atoms with E-state index in [1.165, 1.54) is 26.2 Å². The molecule has 3 aromatic rings. The van der Waals surface area contributed by atoms with Crippen LogP contribution in [0.3, 0.4) is 0 Å². The van der Waals surface area contributed by atoms with Crippen LogP contribution in [0.5, 0.6) is 0 Å². The molecule has 42 heavy (non-hydrogen) atoms. The van der Waals surface area contributed by atoms with E-state index in [0.717, 1.165) is 58.5 Å². The summed E-state index contributed by atoms with van der Waals surface area (Å²) in [7, 11) is -5.09. The van der Waals surface area contributed by atoms with Crippen LogP contribution in [0.2, 0.25) is 0 Å². The summed E-state index contributed by atoms with van der Waals surface area (Å²) in [4.78, 5) is 23.3. The van der Waals surface area contributed by atoms with E-state index in [0.29, 0.717) is 16.3 Å². The molecule has 0 bridgehead atoms. The molecule has 230 valence electrons. The highest BCUT2D eigenvalue weighted by molar-refractivity contribution is 7.90. The van der Waals surface area contributed by atoms with E-state index in [4.69, 9.17) is 9.17 Å². The van der Waals surface area contributed by atoms with E-state index < -0.39 is 38.1 Å². The van der Waals surface area contributed by atoms with Crippen molar-refractivity contribution in [3.8, 4) is 0 Å². The average Bonchev–Trinajstić information content (AvgIpc) is 3.29. The van der Waals surface area contributed by atoms with Crippen molar-refractivity contribution < 1.29 is 30.2 Å². The SMILES string of the molecule is CN(C)S(=O)(=O)Nc1ccc(C(CCOS(C)(=O)=O)NC(=O)c2nc3cc4c(nc3s2)CC[C@H](C(C)(C)C)C4)cc1F. The number of aryl methyl sites for hydroxylation is 1. The highest BCUT2D eigenvalue weighted by atomic mass is 32.2. The molecule has 1 unspecified atom stereocenters. The van der Waals surface area contributed by atoms with Crippen molar-refractivity contribution in [3.05, 3.63) is 51.9 Å². The number of carbonyl (C=O) groups is 1. The van der Waals surface area contributed by atoms with Gasteiger partial charge in [0.25, 0.3) is 16.0 Å². The Morgan fingerprint density at radius 3 is 2.52 bits per heavy atom. The van der Waals surface area contributed by atoms with Gasteiger partial charge in [0.2, 0.25) is 0 Å². The van der Waals surface area contributed by atoms with Crippen LogP contribution in [0.1, 0.15) is 66.3 Å². The summed E-state index contributed by atoms with van der Waals surface area (Å²) in [6.45, 7) is 6.43. The molecule has 2 aromatic heterocycles. The molecule has 2 N–H and O–H groups in total. The van der Waals surface area contributed by atoms with Crippen molar-refractivity contribution in [2.75, 3.05) is 31.7 Å². The topological polar surface area (TPSA) is 148 Å². The maximum Gasteiger partial charge on any atom is 0.301 e. The van der Waals surface area contributed by atoms with Gasteiger partial charge in [-0.3, -0.25) is 13.7 Å². The summed E-state index contributed by atoms with van der Waals surface area (Å²) in [5, 5.41) is 2.96. The lowest BCUT2D eigenvalue weighted by molar-refractivity contribution is 0.0931. The number of rotatable bonds is 10. The van der Waals surface area contributed by atoms with Crippen molar-refractivity contribution in [1.82, 2.24) is 19.6 Å². The van der Waals surface area contributed by atoms with Gasteiger partial charge in [-0.25, -0.2) is 14.4 Å². The van der Waals surface area contributed by atoms with Crippen LogP contribution < -0.4 is 10.0 Å². The second kappa shape index (κ2) is 12.1. The van der Waals surface area contributed by atoms with E-state index in [-0.39, 0.29) is 34.7 Å². The van der Waals surface area contributed by atoms with Gasteiger partial charge in [-0.05, 0) is 66.3 Å². The third kappa shape index (κ3) is 7.81. The molecule has 1 amide bonds. The van der Waals surface area contributed by atoms with Crippen molar-refractivity contribution in [2.24, 2.45) is 11.3 Å². The van der Waals surface area contributed by atoms with Crippen LogP contribution in [0.15, 0.2) is 24.3 Å². The average molecular weight is 642 g/mol. The van der Waals surface area contributed by atoms with Crippen LogP contribution >= 0.6 is 11.3 Å². The Bertz CT molecular complexity index is 1700. The van der Waals surface area contributed by atoms with Gasteiger partial charge >= 0.3 is 10.2 Å². The maximum atomic E-state index is 15.0. The normalized spacial score (nSPS) is 16.8. The van der Waals surface area contributed by atoms with E-state index in [2.05, 4.69) is 35.8 Å². The minimum absolute atomic E-state index is 0.00729. The third-order valence-corrected chi connectivity index (χ3v) is 10.3. The van der Waals surface area contributed by atoms with Gasteiger partial charge in [-0.15, -0.1) is 0 Å². The summed E-state index contributed by atoms with van der Waals surface area (Å²) in [5.41, 5.74) is 2.97. The molecular formula is C27H36FN5O6S3. The summed E-state index contributed by atoms with van der Waals surface area (Å²) in [5.74, 6) is -0.888. The number of halogens is 1. The van der Waals surface area contributed by atoms with Crippen molar-refractivity contribution >= 4 is 53.6 Å². The van der Waals surface area contributed by atoms with Crippen molar-refractivity contribution in [3.63, 3.8) is 0 Å². The number of amides is 1. The third-order valence-electron chi connectivity index (χ3n) is 7.29. The molecule has 0 fully saturated rings. The fourth-order valence-electron chi connectivity index (χ4n) is 4.77. The number of hydrogen-bond acceptors (Lipinski definition) is 9. The highest BCUT2D eigenvalue weighted by Crippen LogP contribution is 2.38. The second-order valence-corrected chi connectivity index (χ2v) is 16.2. The molecule has 2 atom stereocenters. The zero-order valence-electron chi connectivity index (χ0n) is 24.4. The van der Waals surface area contributed by atoms with Gasteiger partial charge in [0.05, 0.1) is 24.6 Å². The number of nitrogens with one attached hydrogen (secondary N) is 2. The number of benzene rings is 1. The predicted octanol–water partition coefficient (Wildman–Crippen LogP) is 4.04. The molecular weight excluding hydrogens is 606 g/mol. The number of thiazole rings is 1. The molecule has 1 aromatic carbocycles. The van der Waals surface area contributed by atoms with E-state index >= 15 is 0 Å². The summed E-state index contributed by atoms with van der Waals surface area (Å²) < 4.78 is 70.2. The van der Waals surface area contributed by atoms with E-state index in [1.807, 2.05) is 6.07 Å². The molecule has 0 aliphatic heterocycles. The van der Waals surface area contributed by atoms with Crippen LogP contribution in [0, 0.1) is 17.2 Å². The Hall–Kier alpha value is -2.72. The Morgan fingerprint density at radius 1 is 1.19 bits per heavy atom. The predicted molar refractivity (Wildman–Crippen MR) is 161 cm³/mol. The molecule has 2 heterocycles. The summed E-state index contributed by atoms with van der Waals surface area (Å²) in [6, 6.07) is 4.90. The van der Waals surface area contributed by atoms with Gasteiger partial charge < -0.3 is 5.32 Å². The van der Waals surface area contributed by atoms with Gasteiger partial charge in [0.15, 0.2) is 5.01 Å². The molecule has 0 saturated heterocycles. The molecule has 0 spiro atoms. The Morgan fingerprint density at radius 2 is 1.90 bits per heavy atom. The molecule has 0 saturated carbocycles. The molecule has 1 aliphatic carbocycles. The Balaban J connectivity index is 1.58. The number of fused-ring (bicyclic) bond motifs is 2. The van der Waals surface area contributed by atoms with Gasteiger partial charge in [-0.1, -0.05) is 38.2 Å². The number of aromatic nitrogens is 2. The van der Waals surface area contributed by atoms with Crippen molar-refractivity contribution in [2.45, 2.75) is 52.5 Å². The minimum atomic E-state index is -3.95. The smallest absolute Gasteiger partial charge is 0.301 e. The maximum absolute atomic E-state index is 15.0. The lowest BCUT2D eigenvalue weighted by atomic mass is 9.71. The quantitative estimate of drug-likeness (QED) is 0.316. The molecule has 15 heteroatoms. The molecule has 11 nitrogen and oxygen atoms in total.